The molecule has 88 valence electrons. The van der Waals surface area contributed by atoms with Crippen LogP contribution in [0.3, 0.4) is 0 Å². The average Bonchev–Trinajstić information content (AvgIpc) is 2.61. The van der Waals surface area contributed by atoms with Crippen LogP contribution in [0, 0.1) is 5.92 Å². The molecule has 0 aromatic heterocycles. The van der Waals surface area contributed by atoms with Crippen molar-refractivity contribution < 1.29 is 0 Å². The van der Waals surface area contributed by atoms with Crippen LogP contribution in [-0.2, 0) is 0 Å². The van der Waals surface area contributed by atoms with Crippen molar-refractivity contribution >= 4 is 0 Å². The van der Waals surface area contributed by atoms with E-state index in [1.54, 1.807) is 0 Å². The van der Waals surface area contributed by atoms with E-state index in [0.29, 0.717) is 5.54 Å². The molecular weight excluding hydrogens is 184 g/mol. The van der Waals surface area contributed by atoms with Crippen molar-refractivity contribution in [2.24, 2.45) is 11.7 Å². The third-order valence-electron chi connectivity index (χ3n) is 4.89. The first kappa shape index (κ1) is 11.4. The Labute approximate surface area is 94.2 Å². The van der Waals surface area contributed by atoms with Crippen LogP contribution in [0.2, 0.25) is 0 Å². The normalized spacial score (nSPS) is 43.4. The first-order valence-corrected chi connectivity index (χ1v) is 6.67. The first-order valence-electron chi connectivity index (χ1n) is 6.67. The van der Waals surface area contributed by atoms with Gasteiger partial charge < -0.3 is 5.73 Å². The topological polar surface area (TPSA) is 29.3 Å². The monoisotopic (exact) mass is 210 g/mol. The van der Waals surface area contributed by atoms with Crippen LogP contribution in [0.5, 0.6) is 0 Å². The molecule has 1 saturated heterocycles. The van der Waals surface area contributed by atoms with Crippen LogP contribution in [0.4, 0.5) is 0 Å². The molecule has 0 radical (unpaired) electrons. The lowest BCUT2D eigenvalue weighted by Crippen LogP contribution is -2.60. The molecule has 2 heteroatoms. The van der Waals surface area contributed by atoms with E-state index in [4.69, 9.17) is 5.73 Å². The Hall–Kier alpha value is -0.0800. The molecule has 0 aromatic rings. The fourth-order valence-corrected chi connectivity index (χ4v) is 3.84. The summed E-state index contributed by atoms with van der Waals surface area (Å²) in [6.07, 6.45) is 8.23. The van der Waals surface area contributed by atoms with E-state index in [2.05, 4.69) is 18.7 Å². The van der Waals surface area contributed by atoms with Crippen molar-refractivity contribution in [3.8, 4) is 0 Å². The van der Waals surface area contributed by atoms with Crippen molar-refractivity contribution in [2.45, 2.75) is 64.0 Å². The summed E-state index contributed by atoms with van der Waals surface area (Å²) >= 11 is 0. The fourth-order valence-electron chi connectivity index (χ4n) is 3.84. The largest absolute Gasteiger partial charge is 0.329 e. The molecule has 2 aliphatic rings. The Morgan fingerprint density at radius 3 is 2.53 bits per heavy atom. The fraction of sp³-hybridized carbons (Fsp3) is 1.00. The molecular formula is C13H26N2. The number of hydrogen-bond donors (Lipinski definition) is 1. The van der Waals surface area contributed by atoms with Gasteiger partial charge in [0, 0.05) is 18.1 Å². The van der Waals surface area contributed by atoms with Crippen LogP contribution in [0.1, 0.15) is 52.4 Å². The second kappa shape index (κ2) is 4.42. The number of likely N-dealkylation sites (tertiary alicyclic amines) is 1. The highest BCUT2D eigenvalue weighted by Crippen LogP contribution is 2.42. The zero-order valence-electron chi connectivity index (χ0n) is 10.3. The molecule has 2 fully saturated rings. The van der Waals surface area contributed by atoms with Crippen molar-refractivity contribution in [2.75, 3.05) is 13.1 Å². The summed E-state index contributed by atoms with van der Waals surface area (Å²) in [5, 5.41) is 0. The van der Waals surface area contributed by atoms with Gasteiger partial charge in [-0.05, 0) is 45.1 Å². The van der Waals surface area contributed by atoms with Crippen molar-refractivity contribution in [1.29, 1.82) is 0 Å². The van der Waals surface area contributed by atoms with Crippen LogP contribution >= 0.6 is 0 Å². The lowest BCUT2D eigenvalue weighted by Gasteiger charge is -2.49. The van der Waals surface area contributed by atoms with Gasteiger partial charge in [0.15, 0.2) is 0 Å². The molecule has 2 N–H and O–H groups in total. The Bertz CT molecular complexity index is 217. The molecule has 0 bridgehead atoms. The zero-order chi connectivity index (χ0) is 10.9. The minimum atomic E-state index is 0.347. The summed E-state index contributed by atoms with van der Waals surface area (Å²) in [4.78, 5) is 2.74. The van der Waals surface area contributed by atoms with E-state index >= 15 is 0 Å². The van der Waals surface area contributed by atoms with Crippen LogP contribution in [0.15, 0.2) is 0 Å². The van der Waals surface area contributed by atoms with Crippen LogP contribution < -0.4 is 5.73 Å². The third-order valence-corrected chi connectivity index (χ3v) is 4.89. The minimum Gasteiger partial charge on any atom is -0.329 e. The number of nitrogens with zero attached hydrogens (tertiary/aromatic N) is 1. The quantitative estimate of drug-likeness (QED) is 0.758. The van der Waals surface area contributed by atoms with Crippen molar-refractivity contribution in [3.05, 3.63) is 0 Å². The molecule has 0 spiro atoms. The van der Waals surface area contributed by atoms with E-state index in [0.717, 1.165) is 18.5 Å². The van der Waals surface area contributed by atoms with Gasteiger partial charge in [-0.3, -0.25) is 4.90 Å². The van der Waals surface area contributed by atoms with Gasteiger partial charge in [-0.25, -0.2) is 0 Å². The predicted octanol–water partition coefficient (Wildman–Crippen LogP) is 2.38. The van der Waals surface area contributed by atoms with E-state index < -0.39 is 0 Å². The van der Waals surface area contributed by atoms with Gasteiger partial charge in [0.1, 0.15) is 0 Å². The van der Waals surface area contributed by atoms with Gasteiger partial charge in [0.25, 0.3) is 0 Å². The zero-order valence-corrected chi connectivity index (χ0v) is 10.3. The summed E-state index contributed by atoms with van der Waals surface area (Å²) < 4.78 is 0. The standard InChI is InChI=1S/C13H26N2/c1-11-6-5-8-13(11,10-14)15-9-4-3-7-12(15)2/h11-12H,3-10,14H2,1-2H3. The molecule has 1 aliphatic heterocycles. The predicted molar refractivity (Wildman–Crippen MR) is 64.8 cm³/mol. The maximum absolute atomic E-state index is 6.11. The van der Waals surface area contributed by atoms with Gasteiger partial charge in [0.05, 0.1) is 0 Å². The van der Waals surface area contributed by atoms with Gasteiger partial charge >= 0.3 is 0 Å². The van der Waals surface area contributed by atoms with Crippen molar-refractivity contribution in [1.82, 2.24) is 4.90 Å². The van der Waals surface area contributed by atoms with Gasteiger partial charge in [0.2, 0.25) is 0 Å². The Balaban J connectivity index is 2.16. The number of hydrogen-bond acceptors (Lipinski definition) is 2. The summed E-state index contributed by atoms with van der Waals surface area (Å²) in [6.45, 7) is 6.93. The lowest BCUT2D eigenvalue weighted by molar-refractivity contribution is 0.00770. The number of nitrogens with two attached hydrogens (primary N) is 1. The van der Waals surface area contributed by atoms with E-state index in [1.165, 1.54) is 45.1 Å². The molecule has 15 heavy (non-hydrogen) atoms. The van der Waals surface area contributed by atoms with Gasteiger partial charge in [-0.15, -0.1) is 0 Å². The summed E-state index contributed by atoms with van der Waals surface area (Å²) in [5.74, 6) is 0.794. The Kier molecular flexibility index (Phi) is 3.36. The van der Waals surface area contributed by atoms with Gasteiger partial charge in [-0.2, -0.15) is 0 Å². The maximum Gasteiger partial charge on any atom is 0.0360 e. The molecule has 1 aliphatic carbocycles. The molecule has 0 amide bonds. The molecule has 1 heterocycles. The van der Waals surface area contributed by atoms with E-state index in [1.807, 2.05) is 0 Å². The summed E-state index contributed by atoms with van der Waals surface area (Å²) in [5.41, 5.74) is 6.46. The molecule has 3 unspecified atom stereocenters. The van der Waals surface area contributed by atoms with Crippen molar-refractivity contribution in [3.63, 3.8) is 0 Å². The second-order valence-electron chi connectivity index (χ2n) is 5.64. The summed E-state index contributed by atoms with van der Waals surface area (Å²) in [6, 6.07) is 0.753. The minimum absolute atomic E-state index is 0.347. The summed E-state index contributed by atoms with van der Waals surface area (Å²) in [7, 11) is 0. The smallest absolute Gasteiger partial charge is 0.0360 e. The Morgan fingerprint density at radius 2 is 2.00 bits per heavy atom. The molecule has 0 aromatic carbocycles. The highest BCUT2D eigenvalue weighted by atomic mass is 15.2. The second-order valence-corrected chi connectivity index (χ2v) is 5.64. The number of rotatable bonds is 2. The third kappa shape index (κ3) is 1.83. The van der Waals surface area contributed by atoms with Crippen LogP contribution in [0.25, 0.3) is 0 Å². The highest BCUT2D eigenvalue weighted by molar-refractivity contribution is 5.02. The molecule has 3 atom stereocenters. The van der Waals surface area contributed by atoms with E-state index in [-0.39, 0.29) is 0 Å². The highest BCUT2D eigenvalue weighted by Gasteiger charge is 2.45. The number of piperidine rings is 1. The van der Waals surface area contributed by atoms with E-state index in [9.17, 15) is 0 Å². The maximum atomic E-state index is 6.11. The Morgan fingerprint density at radius 1 is 1.20 bits per heavy atom. The SMILES string of the molecule is CC1CCCCN1C1(CN)CCCC1C. The first-order chi connectivity index (χ1) is 7.20. The molecule has 1 saturated carbocycles. The lowest BCUT2D eigenvalue weighted by atomic mass is 9.83. The molecule has 2 rings (SSSR count). The van der Waals surface area contributed by atoms with Gasteiger partial charge in [-0.1, -0.05) is 19.8 Å². The molecule has 2 nitrogen and oxygen atoms in total. The van der Waals surface area contributed by atoms with Crippen LogP contribution in [-0.4, -0.2) is 29.6 Å². The average molecular weight is 210 g/mol.